The van der Waals surface area contributed by atoms with Crippen molar-refractivity contribution >= 4 is 59.9 Å². The number of H-pyrrole nitrogens is 1. The molecule has 0 saturated carbocycles. The zero-order valence-corrected chi connectivity index (χ0v) is 26.3. The Bertz CT molecular complexity index is 1240. The van der Waals surface area contributed by atoms with Gasteiger partial charge in [-0.1, -0.05) is 0 Å². The fourth-order valence-electron chi connectivity index (χ4n) is 3.75. The highest BCUT2D eigenvalue weighted by atomic mass is 32.1. The molecule has 20 nitrogen and oxygen atoms in total. The van der Waals surface area contributed by atoms with Crippen molar-refractivity contribution in [2.24, 2.45) is 22.2 Å². The first-order chi connectivity index (χ1) is 21.7. The molecule has 0 aliphatic heterocycles. The van der Waals surface area contributed by atoms with Gasteiger partial charge in [0.05, 0.1) is 19.5 Å². The molecule has 0 radical (unpaired) electrons. The van der Waals surface area contributed by atoms with E-state index >= 15 is 0 Å². The number of aliphatic hydroxyl groups excluding tert-OH is 1. The number of aromatic amines is 1. The third-order valence-electron chi connectivity index (χ3n) is 6.10. The van der Waals surface area contributed by atoms with E-state index in [1.54, 1.807) is 0 Å². The van der Waals surface area contributed by atoms with E-state index in [0.29, 0.717) is 5.69 Å². The lowest BCUT2D eigenvalue weighted by Gasteiger charge is -2.24. The second-order valence-electron chi connectivity index (χ2n) is 9.94. The van der Waals surface area contributed by atoms with Gasteiger partial charge in [0.25, 0.3) is 0 Å². The van der Waals surface area contributed by atoms with E-state index in [2.05, 4.69) is 59.5 Å². The molecule has 0 unspecified atom stereocenters. The maximum absolute atomic E-state index is 13.4. The molecule has 0 bridgehead atoms. The van der Waals surface area contributed by atoms with Gasteiger partial charge in [0.2, 0.25) is 41.4 Å². The second-order valence-corrected chi connectivity index (χ2v) is 10.3. The molecule has 0 aromatic carbocycles. The number of aromatic nitrogens is 2. The van der Waals surface area contributed by atoms with E-state index < -0.39 is 84.7 Å². The maximum Gasteiger partial charge on any atom is 0.245 e. The number of nitrogens with zero attached hydrogens (tertiary/aromatic N) is 2. The maximum atomic E-state index is 13.4. The molecule has 1 heterocycles. The molecule has 0 aliphatic carbocycles. The van der Waals surface area contributed by atoms with Crippen molar-refractivity contribution in [2.75, 3.05) is 25.4 Å². The van der Waals surface area contributed by atoms with Gasteiger partial charge < -0.3 is 59.2 Å². The van der Waals surface area contributed by atoms with Gasteiger partial charge in [-0.2, -0.15) is 12.6 Å². The van der Waals surface area contributed by atoms with Crippen molar-refractivity contribution in [2.45, 2.75) is 63.3 Å². The van der Waals surface area contributed by atoms with Crippen molar-refractivity contribution < 1.29 is 38.7 Å². The summed E-state index contributed by atoms with van der Waals surface area (Å²) in [6, 6.07) is -6.06. The lowest BCUT2D eigenvalue weighted by Crippen LogP contribution is -2.58. The van der Waals surface area contributed by atoms with Crippen LogP contribution in [0.5, 0.6) is 0 Å². The second kappa shape index (κ2) is 20.2. The monoisotopic (exact) mass is 670 g/mol. The summed E-state index contributed by atoms with van der Waals surface area (Å²) in [5.41, 5.74) is 16.3. The number of rotatable bonds is 20. The normalized spacial score (nSPS) is 13.8. The molecule has 0 spiro atoms. The molecule has 46 heavy (non-hydrogen) atoms. The van der Waals surface area contributed by atoms with Crippen LogP contribution in [0.4, 0.5) is 0 Å². The minimum Gasteiger partial charge on any atom is -0.394 e. The van der Waals surface area contributed by atoms with E-state index in [0.717, 1.165) is 0 Å². The smallest absolute Gasteiger partial charge is 0.245 e. The van der Waals surface area contributed by atoms with E-state index in [4.69, 9.17) is 17.2 Å². The molecule has 5 atom stereocenters. The highest BCUT2D eigenvalue weighted by Crippen LogP contribution is 2.04. The minimum atomic E-state index is -1.48. The van der Waals surface area contributed by atoms with Crippen molar-refractivity contribution in [3.8, 4) is 0 Å². The van der Waals surface area contributed by atoms with Gasteiger partial charge in [0, 0.05) is 37.5 Å². The number of carbonyl (C=O) groups is 7. The van der Waals surface area contributed by atoms with Crippen LogP contribution in [0.3, 0.4) is 0 Å². The summed E-state index contributed by atoms with van der Waals surface area (Å²) >= 11 is 3.91. The molecule has 21 heteroatoms. The van der Waals surface area contributed by atoms with Crippen LogP contribution in [0.2, 0.25) is 0 Å². The van der Waals surface area contributed by atoms with Gasteiger partial charge in [0.1, 0.15) is 30.2 Å². The Morgan fingerprint density at radius 3 is 2.09 bits per heavy atom. The Morgan fingerprint density at radius 1 is 0.913 bits per heavy atom. The van der Waals surface area contributed by atoms with Crippen molar-refractivity contribution in [3.63, 3.8) is 0 Å². The van der Waals surface area contributed by atoms with Crippen LogP contribution in [0.15, 0.2) is 17.5 Å². The van der Waals surface area contributed by atoms with Crippen LogP contribution in [0, 0.1) is 0 Å². The van der Waals surface area contributed by atoms with E-state index in [1.165, 1.54) is 26.4 Å². The molecule has 1 aromatic rings. The van der Waals surface area contributed by atoms with Crippen LogP contribution in [-0.4, -0.2) is 118 Å². The number of aliphatic imine (C=N–C) groups is 1. The van der Waals surface area contributed by atoms with Crippen LogP contribution in [0.25, 0.3) is 0 Å². The number of guanidine groups is 1. The predicted molar refractivity (Wildman–Crippen MR) is 166 cm³/mol. The number of nitrogens with two attached hydrogens (primary N) is 3. The van der Waals surface area contributed by atoms with Crippen LogP contribution in [0.1, 0.15) is 32.4 Å². The van der Waals surface area contributed by atoms with Crippen LogP contribution < -0.4 is 49.1 Å². The van der Waals surface area contributed by atoms with E-state index in [1.807, 2.05) is 0 Å². The molecular formula is C25H42N12O8S. The molecule has 14 N–H and O–H groups in total. The average molecular weight is 671 g/mol. The molecular weight excluding hydrogens is 628 g/mol. The summed E-state index contributed by atoms with van der Waals surface area (Å²) in [6.07, 6.45) is 2.98. The van der Waals surface area contributed by atoms with Gasteiger partial charge in [-0.3, -0.25) is 38.6 Å². The summed E-state index contributed by atoms with van der Waals surface area (Å²) in [7, 11) is 0. The Labute approximate surface area is 269 Å². The van der Waals surface area contributed by atoms with Gasteiger partial charge in [-0.25, -0.2) is 4.98 Å². The van der Waals surface area contributed by atoms with Crippen molar-refractivity contribution in [3.05, 3.63) is 18.2 Å². The number of amides is 7. The summed E-state index contributed by atoms with van der Waals surface area (Å²) in [6.45, 7) is 1.28. The number of hydrogen-bond donors (Lipinski definition) is 12. The quantitative estimate of drug-likeness (QED) is 0.0268. The summed E-state index contributed by atoms with van der Waals surface area (Å²) in [4.78, 5) is 97.3. The zero-order valence-electron chi connectivity index (χ0n) is 25.4. The highest BCUT2D eigenvalue weighted by Gasteiger charge is 2.29. The Balaban J connectivity index is 3.01. The van der Waals surface area contributed by atoms with Crippen molar-refractivity contribution in [1.82, 2.24) is 41.9 Å². The number of thiol groups is 1. The molecule has 256 valence electrons. The summed E-state index contributed by atoms with van der Waals surface area (Å²) < 4.78 is 0. The lowest BCUT2D eigenvalue weighted by atomic mass is 10.1. The number of carbonyl (C=O) groups excluding carboxylic acids is 7. The Morgan fingerprint density at radius 2 is 1.54 bits per heavy atom. The number of primary amides is 1. The molecule has 0 saturated heterocycles. The highest BCUT2D eigenvalue weighted by molar-refractivity contribution is 7.80. The summed E-state index contributed by atoms with van der Waals surface area (Å²) in [5.74, 6) is -5.66. The number of imidazole rings is 1. The van der Waals surface area contributed by atoms with E-state index in [-0.39, 0.29) is 37.5 Å². The third-order valence-corrected chi connectivity index (χ3v) is 6.47. The molecule has 0 fully saturated rings. The predicted octanol–water partition coefficient (Wildman–Crippen LogP) is -6.01. The lowest BCUT2D eigenvalue weighted by molar-refractivity contribution is -0.134. The Kier molecular flexibility index (Phi) is 17.2. The largest absolute Gasteiger partial charge is 0.394 e. The van der Waals surface area contributed by atoms with Gasteiger partial charge in [0.15, 0.2) is 5.96 Å². The molecule has 0 aliphatic rings. The third kappa shape index (κ3) is 14.7. The van der Waals surface area contributed by atoms with Gasteiger partial charge in [-0.05, 0) is 19.8 Å². The van der Waals surface area contributed by atoms with Crippen LogP contribution in [-0.2, 0) is 40.0 Å². The molecule has 7 amide bonds. The SMILES string of the molecule is CC(=O)N[C@@H](C)C(=O)N[C@@H](CCCN=C(N)N)C(=O)N[C@@H](Cc1cnc[nH]1)C(=O)NCC(=O)N[C@@H](CO)C(=O)N[C@@H](CS)C(N)=O. The first-order valence-corrected chi connectivity index (χ1v) is 14.6. The molecule has 1 aromatic heterocycles. The Hall–Kier alpha value is -4.92. The minimum absolute atomic E-state index is 0.0520. The number of hydrogen-bond acceptors (Lipinski definition) is 11. The zero-order chi connectivity index (χ0) is 34.8. The van der Waals surface area contributed by atoms with Crippen LogP contribution >= 0.6 is 12.6 Å². The molecule has 1 rings (SSSR count). The fourth-order valence-corrected chi connectivity index (χ4v) is 4.02. The first kappa shape index (κ1) is 39.1. The topological polar surface area (TPSA) is 331 Å². The average Bonchev–Trinajstić information content (AvgIpc) is 3.50. The first-order valence-electron chi connectivity index (χ1n) is 14.0. The van der Waals surface area contributed by atoms with Gasteiger partial charge in [-0.15, -0.1) is 0 Å². The summed E-state index contributed by atoms with van der Waals surface area (Å²) in [5, 5.41) is 23.8. The van der Waals surface area contributed by atoms with Gasteiger partial charge >= 0.3 is 0 Å². The van der Waals surface area contributed by atoms with Crippen molar-refractivity contribution in [1.29, 1.82) is 0 Å². The van der Waals surface area contributed by atoms with E-state index in [9.17, 15) is 38.7 Å². The number of aliphatic hydroxyl groups is 1. The fraction of sp³-hybridized carbons (Fsp3) is 0.560. The number of nitrogens with one attached hydrogen (secondary N) is 7. The standard InChI is InChI=1S/C25H42N12O8S/c1-12(33-13(2)39)21(42)35-15(4-3-5-30-25(27)28)23(44)36-16(6-14-7-29-11-32-14)22(43)31-8-19(40)34-17(9-38)24(45)37-18(10-46)20(26)41/h7,11-12,15-18,38,46H,3-6,8-10H2,1-2H3,(H2,26,41)(H,29,32)(H,31,43)(H,33,39)(H,34,40)(H,35,42)(H,36,44)(H,37,45)(H4,27,28,30)/t12-,15-,16-,17-,18-/m0/s1.